The first-order valence-electron chi connectivity index (χ1n) is 5.18. The number of nitro groups is 1. The van der Waals surface area contributed by atoms with E-state index < -0.39 is 4.92 Å². The van der Waals surface area contributed by atoms with Gasteiger partial charge in [-0.3, -0.25) is 10.1 Å². The third-order valence-electron chi connectivity index (χ3n) is 2.37. The molecule has 0 saturated heterocycles. The Hall–Kier alpha value is -1.59. The van der Waals surface area contributed by atoms with Crippen molar-refractivity contribution in [2.75, 3.05) is 0 Å². The molecule has 0 amide bonds. The van der Waals surface area contributed by atoms with Gasteiger partial charge >= 0.3 is 0 Å². The van der Waals surface area contributed by atoms with E-state index in [4.69, 9.17) is 16.3 Å². The van der Waals surface area contributed by atoms with E-state index in [1.54, 1.807) is 17.4 Å². The molecule has 1 heterocycles. The minimum absolute atomic E-state index is 0.0218. The smallest absolute Gasteiger partial charge is 0.270 e. The molecule has 0 atom stereocenters. The van der Waals surface area contributed by atoms with Gasteiger partial charge in [-0.2, -0.15) is 11.3 Å². The lowest BCUT2D eigenvalue weighted by Gasteiger charge is -2.08. The van der Waals surface area contributed by atoms with Gasteiger partial charge in [0.2, 0.25) is 0 Å². The van der Waals surface area contributed by atoms with Crippen LogP contribution in [-0.4, -0.2) is 4.92 Å². The summed E-state index contributed by atoms with van der Waals surface area (Å²) in [5.41, 5.74) is 1.72. The third-order valence-corrected chi connectivity index (χ3v) is 3.39. The van der Waals surface area contributed by atoms with Gasteiger partial charge in [0.05, 0.1) is 10.8 Å². The Morgan fingerprint density at radius 3 is 2.83 bits per heavy atom. The molecule has 0 unspecified atom stereocenters. The number of ether oxygens (including phenoxy) is 1. The van der Waals surface area contributed by atoms with Crippen LogP contribution in [0.2, 0.25) is 0 Å². The zero-order chi connectivity index (χ0) is 13.0. The highest BCUT2D eigenvalue weighted by Gasteiger charge is 2.11. The fourth-order valence-corrected chi connectivity index (χ4v) is 2.32. The van der Waals surface area contributed by atoms with Crippen molar-refractivity contribution in [2.24, 2.45) is 0 Å². The first-order valence-corrected chi connectivity index (χ1v) is 6.65. The molecule has 0 aliphatic heterocycles. The van der Waals surface area contributed by atoms with Gasteiger partial charge in [0.15, 0.2) is 0 Å². The summed E-state index contributed by atoms with van der Waals surface area (Å²) >= 11 is 7.36. The second-order valence-corrected chi connectivity index (χ2v) is 4.65. The van der Waals surface area contributed by atoms with Crippen LogP contribution < -0.4 is 4.74 Å². The molecule has 1 aromatic heterocycles. The number of nitrogens with zero attached hydrogens (tertiary/aromatic N) is 1. The van der Waals surface area contributed by atoms with E-state index in [9.17, 15) is 10.1 Å². The fraction of sp³-hybridized carbons (Fsp3) is 0.167. The SMILES string of the molecule is O=[N+]([O-])c1ccc(OCc2ccsc2)c(CCl)c1. The predicted molar refractivity (Wildman–Crippen MR) is 71.3 cm³/mol. The van der Waals surface area contributed by atoms with E-state index in [0.29, 0.717) is 17.9 Å². The van der Waals surface area contributed by atoms with Crippen molar-refractivity contribution in [1.82, 2.24) is 0 Å². The monoisotopic (exact) mass is 283 g/mol. The number of nitro benzene ring substituents is 1. The number of non-ortho nitro benzene ring substituents is 1. The Labute approximate surface area is 113 Å². The molecular weight excluding hydrogens is 274 g/mol. The summed E-state index contributed by atoms with van der Waals surface area (Å²) in [7, 11) is 0. The van der Waals surface area contributed by atoms with Crippen LogP contribution in [0.25, 0.3) is 0 Å². The van der Waals surface area contributed by atoms with Gasteiger partial charge in [0.1, 0.15) is 12.4 Å². The Morgan fingerprint density at radius 2 is 2.22 bits per heavy atom. The van der Waals surface area contributed by atoms with Gasteiger partial charge in [0.25, 0.3) is 5.69 Å². The van der Waals surface area contributed by atoms with Crippen LogP contribution in [0.5, 0.6) is 5.75 Å². The van der Waals surface area contributed by atoms with Crippen LogP contribution in [0.4, 0.5) is 5.69 Å². The molecule has 6 heteroatoms. The second kappa shape index (κ2) is 5.84. The third kappa shape index (κ3) is 3.00. The number of benzene rings is 1. The van der Waals surface area contributed by atoms with E-state index in [1.807, 2.05) is 16.8 Å². The molecule has 0 N–H and O–H groups in total. The Bertz CT molecular complexity index is 542. The molecule has 0 aliphatic carbocycles. The highest BCUT2D eigenvalue weighted by atomic mass is 35.5. The Balaban J connectivity index is 2.14. The number of thiophene rings is 1. The lowest BCUT2D eigenvalue weighted by Crippen LogP contribution is -1.98. The molecule has 0 fully saturated rings. The minimum Gasteiger partial charge on any atom is -0.489 e. The maximum atomic E-state index is 10.6. The minimum atomic E-state index is -0.446. The average Bonchev–Trinajstić information content (AvgIpc) is 2.89. The first-order chi connectivity index (χ1) is 8.70. The van der Waals surface area contributed by atoms with Crippen LogP contribution >= 0.6 is 22.9 Å². The normalized spacial score (nSPS) is 10.3. The molecular formula is C12H10ClNO3S. The summed E-state index contributed by atoms with van der Waals surface area (Å²) in [4.78, 5) is 10.2. The topological polar surface area (TPSA) is 52.4 Å². The van der Waals surface area contributed by atoms with Crippen LogP contribution in [0.15, 0.2) is 35.0 Å². The van der Waals surface area contributed by atoms with Crippen molar-refractivity contribution in [3.63, 3.8) is 0 Å². The van der Waals surface area contributed by atoms with E-state index in [2.05, 4.69) is 0 Å². The molecule has 1 aromatic carbocycles. The zero-order valence-electron chi connectivity index (χ0n) is 9.34. The highest BCUT2D eigenvalue weighted by Crippen LogP contribution is 2.26. The van der Waals surface area contributed by atoms with Crippen LogP contribution in [0.1, 0.15) is 11.1 Å². The molecule has 0 spiro atoms. The first kappa shape index (κ1) is 12.9. The summed E-state index contributed by atoms with van der Waals surface area (Å²) in [6, 6.07) is 6.41. The van der Waals surface area contributed by atoms with E-state index in [0.717, 1.165) is 5.56 Å². The number of hydrogen-bond donors (Lipinski definition) is 0. The van der Waals surface area contributed by atoms with Gasteiger partial charge < -0.3 is 4.74 Å². The summed E-state index contributed by atoms with van der Waals surface area (Å²) in [5, 5.41) is 14.6. The molecule has 0 aliphatic rings. The molecule has 0 bridgehead atoms. The van der Waals surface area contributed by atoms with Crippen molar-refractivity contribution in [3.05, 3.63) is 56.3 Å². The van der Waals surface area contributed by atoms with Crippen molar-refractivity contribution in [3.8, 4) is 5.75 Å². The number of halogens is 1. The number of hydrogen-bond acceptors (Lipinski definition) is 4. The van der Waals surface area contributed by atoms with Crippen LogP contribution in [0, 0.1) is 10.1 Å². The summed E-state index contributed by atoms with van der Waals surface area (Å²) < 4.78 is 5.61. The standard InChI is InChI=1S/C12H10ClNO3S/c13-6-10-5-11(14(15)16)1-2-12(10)17-7-9-3-4-18-8-9/h1-5,8H,6-7H2. The summed E-state index contributed by atoms with van der Waals surface area (Å²) in [5.74, 6) is 0.766. The van der Waals surface area contributed by atoms with Gasteiger partial charge in [0, 0.05) is 17.7 Å². The molecule has 4 nitrogen and oxygen atoms in total. The quantitative estimate of drug-likeness (QED) is 0.474. The van der Waals surface area contributed by atoms with Crippen molar-refractivity contribution in [1.29, 1.82) is 0 Å². The predicted octanol–water partition coefficient (Wildman–Crippen LogP) is 3.97. The molecule has 94 valence electrons. The maximum absolute atomic E-state index is 10.6. The average molecular weight is 284 g/mol. The molecule has 2 rings (SSSR count). The van der Waals surface area contributed by atoms with Gasteiger partial charge in [-0.1, -0.05) is 0 Å². The molecule has 18 heavy (non-hydrogen) atoms. The summed E-state index contributed by atoms with van der Waals surface area (Å²) in [6.45, 7) is 0.436. The lowest BCUT2D eigenvalue weighted by molar-refractivity contribution is -0.384. The molecule has 0 radical (unpaired) electrons. The maximum Gasteiger partial charge on any atom is 0.270 e. The number of alkyl halides is 1. The fourth-order valence-electron chi connectivity index (χ4n) is 1.46. The summed E-state index contributed by atoms with van der Waals surface area (Å²) in [6.07, 6.45) is 0. The largest absolute Gasteiger partial charge is 0.489 e. The van der Waals surface area contributed by atoms with E-state index in [1.165, 1.54) is 12.1 Å². The molecule has 0 saturated carbocycles. The van der Waals surface area contributed by atoms with Crippen molar-refractivity contribution >= 4 is 28.6 Å². The van der Waals surface area contributed by atoms with Crippen LogP contribution in [-0.2, 0) is 12.5 Å². The molecule has 2 aromatic rings. The van der Waals surface area contributed by atoms with E-state index >= 15 is 0 Å². The highest BCUT2D eigenvalue weighted by molar-refractivity contribution is 7.07. The van der Waals surface area contributed by atoms with Crippen molar-refractivity contribution in [2.45, 2.75) is 12.5 Å². The van der Waals surface area contributed by atoms with Crippen molar-refractivity contribution < 1.29 is 9.66 Å². The lowest BCUT2D eigenvalue weighted by atomic mass is 10.2. The Morgan fingerprint density at radius 1 is 1.39 bits per heavy atom. The Kier molecular flexibility index (Phi) is 4.17. The number of rotatable bonds is 5. The second-order valence-electron chi connectivity index (χ2n) is 3.60. The van der Waals surface area contributed by atoms with Gasteiger partial charge in [-0.25, -0.2) is 0 Å². The van der Waals surface area contributed by atoms with E-state index in [-0.39, 0.29) is 11.6 Å². The zero-order valence-corrected chi connectivity index (χ0v) is 10.9. The van der Waals surface area contributed by atoms with Gasteiger partial charge in [-0.05, 0) is 28.5 Å². The van der Waals surface area contributed by atoms with Crippen LogP contribution in [0.3, 0.4) is 0 Å². The van der Waals surface area contributed by atoms with Gasteiger partial charge in [-0.15, -0.1) is 11.6 Å².